The zero-order valence-electron chi connectivity index (χ0n) is 14.7. The van der Waals surface area contributed by atoms with E-state index in [1.807, 2.05) is 24.3 Å². The number of carbonyl (C=O) groups excluding carboxylic acids is 1. The Labute approximate surface area is 155 Å². The Kier molecular flexibility index (Phi) is 4.46. The molecule has 0 spiro atoms. The molecule has 1 amide bonds. The summed E-state index contributed by atoms with van der Waals surface area (Å²) < 4.78 is 5.16. The lowest BCUT2D eigenvalue weighted by molar-refractivity contribution is -0.117. The van der Waals surface area contributed by atoms with Gasteiger partial charge in [0.2, 0.25) is 5.91 Å². The lowest BCUT2D eigenvalue weighted by Gasteiger charge is -2.25. The van der Waals surface area contributed by atoms with E-state index in [1.54, 1.807) is 24.8 Å². The maximum atomic E-state index is 12.9. The van der Waals surface area contributed by atoms with Gasteiger partial charge in [0.1, 0.15) is 28.8 Å². The van der Waals surface area contributed by atoms with Crippen LogP contribution in [-0.2, 0) is 4.79 Å². The van der Waals surface area contributed by atoms with E-state index in [1.165, 1.54) is 4.88 Å². The highest BCUT2D eigenvalue weighted by molar-refractivity contribution is 7.18. The first kappa shape index (κ1) is 16.8. The number of nitrogens with zero attached hydrogens (tertiary/aromatic N) is 3. The van der Waals surface area contributed by atoms with Crippen molar-refractivity contribution in [1.29, 1.82) is 0 Å². The molecule has 0 aliphatic carbocycles. The topological polar surface area (TPSA) is 67.3 Å². The van der Waals surface area contributed by atoms with Gasteiger partial charge in [-0.2, -0.15) is 0 Å². The number of fused-ring (bicyclic) bond motifs is 1. The van der Waals surface area contributed by atoms with Gasteiger partial charge in [0, 0.05) is 17.1 Å². The number of carbonyl (C=O) groups is 1. The molecule has 4 rings (SSSR count). The van der Waals surface area contributed by atoms with E-state index in [4.69, 9.17) is 4.74 Å². The average Bonchev–Trinajstić information content (AvgIpc) is 3.27. The Morgan fingerprint density at radius 1 is 1.31 bits per heavy atom. The van der Waals surface area contributed by atoms with Crippen LogP contribution >= 0.6 is 11.3 Å². The number of thiophene rings is 1. The van der Waals surface area contributed by atoms with Crippen molar-refractivity contribution in [1.82, 2.24) is 9.97 Å². The van der Waals surface area contributed by atoms with Crippen molar-refractivity contribution in [2.24, 2.45) is 0 Å². The number of amides is 1. The fraction of sp³-hybridized carbons (Fsp3) is 0.316. The molecule has 1 fully saturated rings. The number of rotatable bonds is 4. The first-order chi connectivity index (χ1) is 12.7. The number of anilines is 2. The fourth-order valence-electron chi connectivity index (χ4n) is 3.39. The zero-order valence-corrected chi connectivity index (χ0v) is 15.5. The van der Waals surface area contributed by atoms with E-state index >= 15 is 0 Å². The van der Waals surface area contributed by atoms with E-state index in [9.17, 15) is 4.79 Å². The molecule has 1 aliphatic rings. The largest absolute Gasteiger partial charge is 0.497 e. The molecule has 1 saturated heterocycles. The molecule has 6 nitrogen and oxygen atoms in total. The minimum absolute atomic E-state index is 0.00798. The van der Waals surface area contributed by atoms with Crippen molar-refractivity contribution < 1.29 is 9.53 Å². The third-order valence-electron chi connectivity index (χ3n) is 4.62. The third kappa shape index (κ3) is 3.10. The molecule has 7 heteroatoms. The van der Waals surface area contributed by atoms with E-state index in [0.717, 1.165) is 46.9 Å². The summed E-state index contributed by atoms with van der Waals surface area (Å²) in [7, 11) is 1.62. The molecule has 0 radical (unpaired) electrons. The Morgan fingerprint density at radius 3 is 2.88 bits per heavy atom. The molecule has 1 aromatic carbocycles. The van der Waals surface area contributed by atoms with Crippen LogP contribution in [0.2, 0.25) is 0 Å². The zero-order chi connectivity index (χ0) is 18.1. The van der Waals surface area contributed by atoms with Crippen molar-refractivity contribution in [3.63, 3.8) is 0 Å². The summed E-state index contributed by atoms with van der Waals surface area (Å²) in [5.41, 5.74) is 0.766. The Hall–Kier alpha value is -2.67. The molecule has 0 bridgehead atoms. The van der Waals surface area contributed by atoms with Gasteiger partial charge in [-0.05, 0) is 50.1 Å². The van der Waals surface area contributed by atoms with Gasteiger partial charge in [-0.1, -0.05) is 0 Å². The summed E-state index contributed by atoms with van der Waals surface area (Å²) >= 11 is 1.65. The predicted octanol–water partition coefficient (Wildman–Crippen LogP) is 3.62. The van der Waals surface area contributed by atoms with E-state index < -0.39 is 0 Å². The van der Waals surface area contributed by atoms with Gasteiger partial charge in [0.25, 0.3) is 0 Å². The number of aryl methyl sites for hydroxylation is 1. The second kappa shape index (κ2) is 6.92. The first-order valence-electron chi connectivity index (χ1n) is 8.58. The lowest BCUT2D eigenvalue weighted by Crippen LogP contribution is -2.40. The van der Waals surface area contributed by atoms with Crippen LogP contribution in [0, 0.1) is 6.92 Å². The molecule has 0 saturated carbocycles. The van der Waals surface area contributed by atoms with Gasteiger partial charge >= 0.3 is 0 Å². The van der Waals surface area contributed by atoms with Gasteiger partial charge in [0.05, 0.1) is 12.5 Å². The van der Waals surface area contributed by atoms with E-state index in [0.29, 0.717) is 0 Å². The van der Waals surface area contributed by atoms with Crippen molar-refractivity contribution in [3.05, 3.63) is 41.5 Å². The Morgan fingerprint density at radius 2 is 2.12 bits per heavy atom. The number of benzene rings is 1. The SMILES string of the molecule is COc1ccc(NC(=O)C2CCCN2c2ncnc3sc(C)cc23)cc1. The second-order valence-electron chi connectivity index (χ2n) is 6.34. The molecule has 1 aliphatic heterocycles. The van der Waals surface area contributed by atoms with Crippen LogP contribution in [0.1, 0.15) is 17.7 Å². The van der Waals surface area contributed by atoms with Crippen molar-refractivity contribution in [3.8, 4) is 5.75 Å². The molecular formula is C19H20N4O2S. The highest BCUT2D eigenvalue weighted by Crippen LogP contribution is 2.33. The summed E-state index contributed by atoms with van der Waals surface area (Å²) in [4.78, 5) is 26.0. The molecule has 134 valence electrons. The van der Waals surface area contributed by atoms with Crippen LogP contribution in [-0.4, -0.2) is 35.6 Å². The molecule has 1 unspecified atom stereocenters. The summed E-state index contributed by atoms with van der Waals surface area (Å²) in [5, 5.41) is 4.04. The minimum atomic E-state index is -0.226. The molecule has 3 heterocycles. The van der Waals surface area contributed by atoms with Crippen molar-refractivity contribution in [2.75, 3.05) is 23.9 Å². The van der Waals surface area contributed by atoms with Crippen LogP contribution in [0.4, 0.5) is 11.5 Å². The summed E-state index contributed by atoms with van der Waals surface area (Å²) in [6.45, 7) is 2.88. The summed E-state index contributed by atoms with van der Waals surface area (Å²) in [6.07, 6.45) is 3.37. The lowest BCUT2D eigenvalue weighted by atomic mass is 10.2. The van der Waals surface area contributed by atoms with E-state index in [2.05, 4.69) is 33.2 Å². The monoisotopic (exact) mass is 368 g/mol. The van der Waals surface area contributed by atoms with Gasteiger partial charge in [-0.25, -0.2) is 9.97 Å². The fourth-order valence-corrected chi connectivity index (χ4v) is 4.23. The first-order valence-corrected chi connectivity index (χ1v) is 9.40. The summed E-state index contributed by atoms with van der Waals surface area (Å²) in [6, 6.07) is 9.25. The van der Waals surface area contributed by atoms with E-state index in [-0.39, 0.29) is 11.9 Å². The second-order valence-corrected chi connectivity index (χ2v) is 7.58. The van der Waals surface area contributed by atoms with Crippen LogP contribution in [0.25, 0.3) is 10.2 Å². The summed E-state index contributed by atoms with van der Waals surface area (Å²) in [5.74, 6) is 1.61. The predicted molar refractivity (Wildman–Crippen MR) is 104 cm³/mol. The molecule has 1 N–H and O–H groups in total. The number of hydrogen-bond acceptors (Lipinski definition) is 6. The normalized spacial score (nSPS) is 16.8. The van der Waals surface area contributed by atoms with Gasteiger partial charge < -0.3 is 15.0 Å². The molecule has 3 aromatic rings. The highest BCUT2D eigenvalue weighted by Gasteiger charge is 2.33. The number of methoxy groups -OCH3 is 1. The smallest absolute Gasteiger partial charge is 0.247 e. The molecular weight excluding hydrogens is 348 g/mol. The van der Waals surface area contributed by atoms with Crippen molar-refractivity contribution in [2.45, 2.75) is 25.8 Å². The number of ether oxygens (including phenoxy) is 1. The average molecular weight is 368 g/mol. The number of aromatic nitrogens is 2. The maximum absolute atomic E-state index is 12.9. The Balaban J connectivity index is 1.58. The van der Waals surface area contributed by atoms with Gasteiger partial charge in [0.15, 0.2) is 0 Å². The maximum Gasteiger partial charge on any atom is 0.247 e. The van der Waals surface area contributed by atoms with Crippen molar-refractivity contribution >= 4 is 39.0 Å². The van der Waals surface area contributed by atoms with Crippen LogP contribution < -0.4 is 15.0 Å². The third-order valence-corrected chi connectivity index (χ3v) is 5.58. The quantitative estimate of drug-likeness (QED) is 0.762. The highest BCUT2D eigenvalue weighted by atomic mass is 32.1. The number of nitrogens with one attached hydrogen (secondary N) is 1. The molecule has 2 aromatic heterocycles. The molecule has 1 atom stereocenters. The van der Waals surface area contributed by atoms with Gasteiger partial charge in [-0.15, -0.1) is 11.3 Å². The molecule has 26 heavy (non-hydrogen) atoms. The van der Waals surface area contributed by atoms with Crippen LogP contribution in [0.5, 0.6) is 5.75 Å². The number of hydrogen-bond donors (Lipinski definition) is 1. The van der Waals surface area contributed by atoms with Crippen LogP contribution in [0.3, 0.4) is 0 Å². The Bertz CT molecular complexity index is 938. The standard InChI is InChI=1S/C19H20N4O2S/c1-12-10-15-17(20-11-21-19(15)26-12)23-9-3-4-16(23)18(24)22-13-5-7-14(25-2)8-6-13/h5-8,10-11,16H,3-4,9H2,1-2H3,(H,22,24). The van der Waals surface area contributed by atoms with Crippen LogP contribution in [0.15, 0.2) is 36.7 Å². The minimum Gasteiger partial charge on any atom is -0.497 e. The van der Waals surface area contributed by atoms with Gasteiger partial charge in [-0.3, -0.25) is 4.79 Å².